The molecule has 21 heavy (non-hydrogen) atoms. The van der Waals surface area contributed by atoms with Crippen molar-refractivity contribution in [3.8, 4) is 5.75 Å². The fourth-order valence-electron chi connectivity index (χ4n) is 2.51. The molecule has 7 heteroatoms. The second-order valence-electron chi connectivity index (χ2n) is 5.12. The topological polar surface area (TPSA) is 84.7 Å². The van der Waals surface area contributed by atoms with E-state index < -0.39 is 4.92 Å². The molecule has 1 aliphatic rings. The van der Waals surface area contributed by atoms with Crippen LogP contribution in [0.15, 0.2) is 18.2 Å². The Balaban J connectivity index is 2.12. The maximum Gasteiger partial charge on any atom is 0.310 e. The lowest BCUT2D eigenvalue weighted by Gasteiger charge is -2.21. The summed E-state index contributed by atoms with van der Waals surface area (Å²) in [7, 11) is 3.08. The van der Waals surface area contributed by atoms with Crippen LogP contribution in [0.25, 0.3) is 0 Å². The zero-order valence-electron chi connectivity index (χ0n) is 12.2. The van der Waals surface area contributed by atoms with Gasteiger partial charge in [0.2, 0.25) is 0 Å². The van der Waals surface area contributed by atoms with Gasteiger partial charge < -0.3 is 15.0 Å². The number of ether oxygens (including phenoxy) is 1. The lowest BCUT2D eigenvalue weighted by Crippen LogP contribution is -2.38. The van der Waals surface area contributed by atoms with Crippen LogP contribution in [0.4, 0.5) is 5.69 Å². The second kappa shape index (κ2) is 6.53. The number of benzene rings is 1. The summed E-state index contributed by atoms with van der Waals surface area (Å²) in [6, 6.07) is 4.49. The summed E-state index contributed by atoms with van der Waals surface area (Å²) < 4.78 is 4.99. The van der Waals surface area contributed by atoms with E-state index in [2.05, 4.69) is 5.32 Å². The van der Waals surface area contributed by atoms with Crippen molar-refractivity contribution in [3.05, 3.63) is 33.9 Å². The van der Waals surface area contributed by atoms with Crippen molar-refractivity contribution in [1.82, 2.24) is 10.2 Å². The third-order valence-corrected chi connectivity index (χ3v) is 3.63. The van der Waals surface area contributed by atoms with Crippen LogP contribution in [0.3, 0.4) is 0 Å². The average molecular weight is 293 g/mol. The number of nitrogens with one attached hydrogen (secondary N) is 1. The van der Waals surface area contributed by atoms with Crippen molar-refractivity contribution in [2.45, 2.75) is 18.9 Å². The summed E-state index contributed by atoms with van der Waals surface area (Å²) in [6.45, 7) is 1.61. The molecule has 1 unspecified atom stereocenters. The summed E-state index contributed by atoms with van der Waals surface area (Å²) in [4.78, 5) is 24.3. The Morgan fingerprint density at radius 3 is 2.90 bits per heavy atom. The second-order valence-corrected chi connectivity index (χ2v) is 5.12. The van der Waals surface area contributed by atoms with E-state index in [1.165, 1.54) is 25.3 Å². The number of methoxy groups -OCH3 is 1. The number of carbonyl (C=O) groups excluding carboxylic acids is 1. The van der Waals surface area contributed by atoms with Gasteiger partial charge in [-0.3, -0.25) is 14.9 Å². The van der Waals surface area contributed by atoms with E-state index in [9.17, 15) is 14.9 Å². The Morgan fingerprint density at radius 1 is 1.57 bits per heavy atom. The molecule has 1 amide bonds. The Bertz CT molecular complexity index is 541. The Labute approximate surface area is 123 Å². The molecule has 2 rings (SSSR count). The van der Waals surface area contributed by atoms with E-state index in [1.54, 1.807) is 11.9 Å². The lowest BCUT2D eigenvalue weighted by atomic mass is 10.1. The molecule has 114 valence electrons. The summed E-state index contributed by atoms with van der Waals surface area (Å²) in [6.07, 6.45) is 2.18. The Morgan fingerprint density at radius 2 is 2.33 bits per heavy atom. The third-order valence-electron chi connectivity index (χ3n) is 3.63. The molecule has 1 saturated heterocycles. The molecule has 0 aliphatic carbocycles. The van der Waals surface area contributed by atoms with E-state index in [-0.39, 0.29) is 17.3 Å². The van der Waals surface area contributed by atoms with E-state index in [4.69, 9.17) is 4.74 Å². The third kappa shape index (κ3) is 3.49. The van der Waals surface area contributed by atoms with Crippen molar-refractivity contribution in [1.29, 1.82) is 0 Å². The van der Waals surface area contributed by atoms with Crippen molar-refractivity contribution in [2.75, 3.05) is 27.2 Å². The van der Waals surface area contributed by atoms with Gasteiger partial charge in [0, 0.05) is 37.3 Å². The molecular weight excluding hydrogens is 274 g/mol. The van der Waals surface area contributed by atoms with Crippen LogP contribution >= 0.6 is 0 Å². The predicted molar refractivity (Wildman–Crippen MR) is 77.6 cm³/mol. The maximum absolute atomic E-state index is 12.4. The van der Waals surface area contributed by atoms with Gasteiger partial charge in [0.05, 0.1) is 12.0 Å². The maximum atomic E-state index is 12.4. The molecule has 1 aliphatic heterocycles. The van der Waals surface area contributed by atoms with E-state index in [1.807, 2.05) is 0 Å². The number of nitro groups is 1. The van der Waals surface area contributed by atoms with Crippen molar-refractivity contribution in [3.63, 3.8) is 0 Å². The first-order valence-electron chi connectivity index (χ1n) is 6.84. The van der Waals surface area contributed by atoms with Gasteiger partial charge in [-0.15, -0.1) is 0 Å². The molecule has 1 heterocycles. The number of hydrogen-bond acceptors (Lipinski definition) is 5. The molecule has 0 radical (unpaired) electrons. The molecule has 0 spiro atoms. The molecule has 1 atom stereocenters. The number of hydrogen-bond donors (Lipinski definition) is 1. The normalized spacial score (nSPS) is 17.5. The number of nitrogens with zero attached hydrogens (tertiary/aromatic N) is 2. The highest BCUT2D eigenvalue weighted by atomic mass is 16.6. The number of rotatable bonds is 5. The number of nitro benzene ring substituents is 1. The summed E-state index contributed by atoms with van der Waals surface area (Å²) in [5.74, 6) is -0.0739. The molecule has 0 aromatic heterocycles. The largest absolute Gasteiger partial charge is 0.490 e. The number of carbonyl (C=O) groups is 1. The average Bonchev–Trinajstić information content (AvgIpc) is 2.98. The highest BCUT2D eigenvalue weighted by Gasteiger charge is 2.22. The predicted octanol–water partition coefficient (Wildman–Crippen LogP) is 1.43. The van der Waals surface area contributed by atoms with Crippen molar-refractivity contribution >= 4 is 11.6 Å². The molecule has 1 fully saturated rings. The van der Waals surface area contributed by atoms with Gasteiger partial charge in [0.25, 0.3) is 5.91 Å². The summed E-state index contributed by atoms with van der Waals surface area (Å²) in [5.41, 5.74) is 0.243. The highest BCUT2D eigenvalue weighted by molar-refractivity contribution is 5.95. The van der Waals surface area contributed by atoms with Gasteiger partial charge in [-0.1, -0.05) is 0 Å². The molecule has 1 aromatic rings. The molecule has 7 nitrogen and oxygen atoms in total. The minimum atomic E-state index is -0.529. The van der Waals surface area contributed by atoms with Crippen molar-refractivity contribution in [2.24, 2.45) is 0 Å². The lowest BCUT2D eigenvalue weighted by molar-refractivity contribution is -0.385. The van der Waals surface area contributed by atoms with Crippen molar-refractivity contribution < 1.29 is 14.5 Å². The van der Waals surface area contributed by atoms with Gasteiger partial charge in [-0.2, -0.15) is 0 Å². The SMILES string of the molecule is COc1cc(C(=O)N(C)CC2CCCN2)ccc1[N+](=O)[O-]. The smallest absolute Gasteiger partial charge is 0.310 e. The molecule has 0 saturated carbocycles. The van der Waals surface area contributed by atoms with Crippen LogP contribution in [0.1, 0.15) is 23.2 Å². The highest BCUT2D eigenvalue weighted by Crippen LogP contribution is 2.28. The van der Waals surface area contributed by atoms with Gasteiger partial charge in [0.15, 0.2) is 5.75 Å². The van der Waals surface area contributed by atoms with Crippen LogP contribution in [0, 0.1) is 10.1 Å². The molecular formula is C14H19N3O4. The fourth-order valence-corrected chi connectivity index (χ4v) is 2.51. The minimum Gasteiger partial charge on any atom is -0.490 e. The summed E-state index contributed by atoms with van der Waals surface area (Å²) in [5, 5.41) is 14.2. The van der Waals surface area contributed by atoms with E-state index >= 15 is 0 Å². The molecule has 1 aromatic carbocycles. The molecule has 1 N–H and O–H groups in total. The van der Waals surface area contributed by atoms with E-state index in [0.29, 0.717) is 18.2 Å². The first-order valence-corrected chi connectivity index (χ1v) is 6.84. The first-order chi connectivity index (χ1) is 10.0. The first kappa shape index (κ1) is 15.2. The Hall–Kier alpha value is -2.15. The van der Waals surface area contributed by atoms with Gasteiger partial charge in [0.1, 0.15) is 0 Å². The van der Waals surface area contributed by atoms with Crippen LogP contribution in [0.5, 0.6) is 5.75 Å². The van der Waals surface area contributed by atoms with Gasteiger partial charge in [-0.05, 0) is 25.5 Å². The van der Waals surface area contributed by atoms with Crippen LogP contribution in [-0.2, 0) is 0 Å². The fraction of sp³-hybridized carbons (Fsp3) is 0.500. The monoisotopic (exact) mass is 293 g/mol. The zero-order chi connectivity index (χ0) is 15.4. The number of amides is 1. The van der Waals surface area contributed by atoms with Gasteiger partial charge in [-0.25, -0.2) is 0 Å². The zero-order valence-corrected chi connectivity index (χ0v) is 12.2. The molecule has 0 bridgehead atoms. The van der Waals surface area contributed by atoms with Crippen LogP contribution in [0.2, 0.25) is 0 Å². The van der Waals surface area contributed by atoms with Gasteiger partial charge >= 0.3 is 5.69 Å². The van der Waals surface area contributed by atoms with E-state index in [0.717, 1.165) is 19.4 Å². The Kier molecular flexibility index (Phi) is 4.74. The summed E-state index contributed by atoms with van der Waals surface area (Å²) >= 11 is 0. The minimum absolute atomic E-state index is 0.0956. The van der Waals surface area contributed by atoms with Crippen LogP contribution in [-0.4, -0.2) is 49.0 Å². The van der Waals surface area contributed by atoms with Crippen LogP contribution < -0.4 is 10.1 Å². The number of likely N-dealkylation sites (N-methyl/N-ethyl adjacent to an activating group) is 1. The quantitative estimate of drug-likeness (QED) is 0.655. The standard InChI is InChI=1S/C14H19N3O4/c1-16(9-11-4-3-7-15-11)14(18)10-5-6-12(17(19)20)13(8-10)21-2/h5-6,8,11,15H,3-4,7,9H2,1-2H3.